The number of rotatable bonds is 2. The topological polar surface area (TPSA) is 21.3 Å². The fourth-order valence-corrected chi connectivity index (χ4v) is 3.53. The van der Waals surface area contributed by atoms with Crippen LogP contribution in [0.15, 0.2) is 24.3 Å². The van der Waals surface area contributed by atoms with Crippen molar-refractivity contribution < 1.29 is 4.74 Å². The van der Waals surface area contributed by atoms with E-state index in [-0.39, 0.29) is 0 Å². The van der Waals surface area contributed by atoms with Gasteiger partial charge in [0.2, 0.25) is 0 Å². The number of ether oxygens (including phenoxy) is 1. The Hall–Kier alpha value is -0.860. The molecular formula is C14H19NO. The minimum absolute atomic E-state index is 0.316. The van der Waals surface area contributed by atoms with Gasteiger partial charge >= 0.3 is 0 Å². The Morgan fingerprint density at radius 3 is 3.19 bits per heavy atom. The Morgan fingerprint density at radius 2 is 2.31 bits per heavy atom. The van der Waals surface area contributed by atoms with E-state index in [1.165, 1.54) is 30.4 Å². The summed E-state index contributed by atoms with van der Waals surface area (Å²) in [5.41, 5.74) is 3.33. The summed E-state index contributed by atoms with van der Waals surface area (Å²) in [7, 11) is 1.82. The fraction of sp³-hybridized carbons (Fsp3) is 0.571. The highest BCUT2D eigenvalue weighted by atomic mass is 16.5. The summed E-state index contributed by atoms with van der Waals surface area (Å²) in [6.07, 6.45) is 3.73. The summed E-state index contributed by atoms with van der Waals surface area (Å²) in [6.45, 7) is 2.02. The normalized spacial score (nSPS) is 32.2. The molecule has 0 amide bonds. The number of hydrogen-bond donors (Lipinski definition) is 1. The number of benzene rings is 1. The van der Waals surface area contributed by atoms with E-state index in [4.69, 9.17) is 4.74 Å². The first-order valence-electron chi connectivity index (χ1n) is 6.16. The molecule has 1 N–H and O–H groups in total. The van der Waals surface area contributed by atoms with Crippen LogP contribution in [0, 0.1) is 5.41 Å². The van der Waals surface area contributed by atoms with Gasteiger partial charge in [-0.15, -0.1) is 0 Å². The highest BCUT2D eigenvalue weighted by Gasteiger charge is 2.47. The van der Waals surface area contributed by atoms with Crippen molar-refractivity contribution in [1.82, 2.24) is 5.32 Å². The van der Waals surface area contributed by atoms with Gasteiger partial charge in [0.1, 0.15) is 0 Å². The van der Waals surface area contributed by atoms with Crippen LogP contribution in [-0.2, 0) is 11.2 Å². The maximum Gasteiger partial charge on any atom is 0.0540 e. The maximum atomic E-state index is 5.48. The first kappa shape index (κ1) is 10.3. The highest BCUT2D eigenvalue weighted by Crippen LogP contribution is 2.50. The van der Waals surface area contributed by atoms with Crippen LogP contribution in [0.1, 0.15) is 30.0 Å². The lowest BCUT2D eigenvalue weighted by molar-refractivity contribution is 0.0339. The lowest BCUT2D eigenvalue weighted by Crippen LogP contribution is -2.43. The van der Waals surface area contributed by atoms with Crippen molar-refractivity contribution in [3.8, 4) is 0 Å². The van der Waals surface area contributed by atoms with Gasteiger partial charge in [0.05, 0.1) is 6.61 Å². The predicted molar refractivity (Wildman–Crippen MR) is 64.4 cm³/mol. The van der Waals surface area contributed by atoms with E-state index < -0.39 is 0 Å². The van der Waals surface area contributed by atoms with Crippen molar-refractivity contribution in [3.05, 3.63) is 35.4 Å². The second-order valence-electron chi connectivity index (χ2n) is 5.16. The Bertz CT molecular complexity index is 386. The van der Waals surface area contributed by atoms with Gasteiger partial charge < -0.3 is 10.1 Å². The summed E-state index contributed by atoms with van der Waals surface area (Å²) in [5, 5.41) is 3.68. The average Bonchev–Trinajstić information content (AvgIpc) is 2.63. The molecule has 1 heterocycles. The molecule has 1 aromatic carbocycles. The molecule has 3 rings (SSSR count). The van der Waals surface area contributed by atoms with Crippen LogP contribution < -0.4 is 5.32 Å². The lowest BCUT2D eigenvalue weighted by Gasteiger charge is -2.40. The van der Waals surface area contributed by atoms with Crippen molar-refractivity contribution in [3.63, 3.8) is 0 Å². The molecule has 2 atom stereocenters. The second-order valence-corrected chi connectivity index (χ2v) is 5.16. The van der Waals surface area contributed by atoms with Gasteiger partial charge in [-0.1, -0.05) is 24.3 Å². The quantitative estimate of drug-likeness (QED) is 0.820. The molecular weight excluding hydrogens is 198 g/mol. The van der Waals surface area contributed by atoms with E-state index in [2.05, 4.69) is 29.6 Å². The Morgan fingerprint density at radius 1 is 1.44 bits per heavy atom. The number of piperidine rings is 1. The second kappa shape index (κ2) is 3.86. The highest BCUT2D eigenvalue weighted by molar-refractivity contribution is 5.38. The molecule has 0 unspecified atom stereocenters. The van der Waals surface area contributed by atoms with Crippen LogP contribution >= 0.6 is 0 Å². The molecule has 2 aliphatic rings. The minimum atomic E-state index is 0.316. The third-order valence-corrected chi connectivity index (χ3v) is 4.15. The van der Waals surface area contributed by atoms with Gasteiger partial charge in [0, 0.05) is 18.6 Å². The van der Waals surface area contributed by atoms with Crippen LogP contribution in [0.3, 0.4) is 0 Å². The smallest absolute Gasteiger partial charge is 0.0540 e. The van der Waals surface area contributed by atoms with Crippen LogP contribution in [0.25, 0.3) is 0 Å². The number of hydrogen-bond acceptors (Lipinski definition) is 2. The average molecular weight is 217 g/mol. The predicted octanol–water partition coefficient (Wildman–Crippen LogP) is 2.30. The molecule has 16 heavy (non-hydrogen) atoms. The zero-order chi connectivity index (χ0) is 11.0. The zero-order valence-electron chi connectivity index (χ0n) is 9.83. The van der Waals surface area contributed by atoms with Crippen LogP contribution in [0.4, 0.5) is 0 Å². The summed E-state index contributed by atoms with van der Waals surface area (Å²) in [4.78, 5) is 0. The number of fused-ring (bicyclic) bond motifs is 3. The first-order chi connectivity index (χ1) is 7.86. The van der Waals surface area contributed by atoms with Crippen molar-refractivity contribution >= 4 is 0 Å². The van der Waals surface area contributed by atoms with E-state index >= 15 is 0 Å². The number of nitrogens with one attached hydrogen (secondary N) is 1. The van der Waals surface area contributed by atoms with Gasteiger partial charge in [-0.05, 0) is 36.9 Å². The van der Waals surface area contributed by atoms with E-state index in [0.29, 0.717) is 11.5 Å². The largest absolute Gasteiger partial charge is 0.384 e. The molecule has 1 saturated heterocycles. The maximum absolute atomic E-state index is 5.48. The van der Waals surface area contributed by atoms with Crippen molar-refractivity contribution in [2.24, 2.45) is 5.41 Å². The van der Waals surface area contributed by atoms with Gasteiger partial charge in [0.25, 0.3) is 0 Å². The van der Waals surface area contributed by atoms with Crippen molar-refractivity contribution in [2.75, 3.05) is 20.3 Å². The fourth-order valence-electron chi connectivity index (χ4n) is 3.53. The summed E-state index contributed by atoms with van der Waals surface area (Å²) >= 11 is 0. The zero-order valence-corrected chi connectivity index (χ0v) is 9.83. The SMILES string of the molecule is COC[C@]12CCCN[C@H]1c1ccccc1C2. The van der Waals surface area contributed by atoms with Gasteiger partial charge in [-0.3, -0.25) is 0 Å². The van der Waals surface area contributed by atoms with Gasteiger partial charge in [-0.25, -0.2) is 0 Å². The van der Waals surface area contributed by atoms with E-state index in [0.717, 1.165) is 13.2 Å². The Kier molecular flexibility index (Phi) is 2.49. The van der Waals surface area contributed by atoms with E-state index in [9.17, 15) is 0 Å². The van der Waals surface area contributed by atoms with Crippen LogP contribution in [0.5, 0.6) is 0 Å². The van der Waals surface area contributed by atoms with Crippen molar-refractivity contribution in [1.29, 1.82) is 0 Å². The minimum Gasteiger partial charge on any atom is -0.384 e. The standard InChI is InChI=1S/C14H19NO/c1-16-10-14-7-4-8-15-13(14)12-6-3-2-5-11(12)9-14/h2-3,5-6,13,15H,4,7-10H2,1H3/t13-,14+/m0/s1. The molecule has 0 bridgehead atoms. The van der Waals surface area contributed by atoms with Gasteiger partial charge in [-0.2, -0.15) is 0 Å². The monoisotopic (exact) mass is 217 g/mol. The van der Waals surface area contributed by atoms with Crippen LogP contribution in [-0.4, -0.2) is 20.3 Å². The molecule has 86 valence electrons. The molecule has 1 fully saturated rings. The third kappa shape index (κ3) is 1.40. The molecule has 2 heteroatoms. The molecule has 0 radical (unpaired) electrons. The molecule has 0 aromatic heterocycles. The third-order valence-electron chi connectivity index (χ3n) is 4.15. The first-order valence-corrected chi connectivity index (χ1v) is 6.16. The lowest BCUT2D eigenvalue weighted by atomic mass is 9.75. The Labute approximate surface area is 97.0 Å². The molecule has 1 aliphatic carbocycles. The molecule has 1 aliphatic heterocycles. The molecule has 2 nitrogen and oxygen atoms in total. The Balaban J connectivity index is 2.00. The van der Waals surface area contributed by atoms with Crippen molar-refractivity contribution in [2.45, 2.75) is 25.3 Å². The molecule has 1 aromatic rings. The van der Waals surface area contributed by atoms with Crippen LogP contribution in [0.2, 0.25) is 0 Å². The summed E-state index contributed by atoms with van der Waals surface area (Å²) < 4.78 is 5.48. The summed E-state index contributed by atoms with van der Waals surface area (Å²) in [6, 6.07) is 9.36. The van der Waals surface area contributed by atoms with E-state index in [1.807, 2.05) is 7.11 Å². The van der Waals surface area contributed by atoms with Gasteiger partial charge in [0.15, 0.2) is 0 Å². The molecule has 0 spiro atoms. The number of methoxy groups -OCH3 is 1. The summed E-state index contributed by atoms with van der Waals surface area (Å²) in [5.74, 6) is 0. The van der Waals surface area contributed by atoms with E-state index in [1.54, 1.807) is 0 Å². The molecule has 0 saturated carbocycles.